The van der Waals surface area contributed by atoms with Crippen molar-refractivity contribution in [3.63, 3.8) is 0 Å². The van der Waals surface area contributed by atoms with Gasteiger partial charge in [-0.15, -0.1) is 0 Å². The maximum Gasteiger partial charge on any atom is 0.406 e. The van der Waals surface area contributed by atoms with E-state index in [0.717, 1.165) is 16.9 Å². The lowest BCUT2D eigenvalue weighted by atomic mass is 10.0. The number of nitrogens with zero attached hydrogens (tertiary/aromatic N) is 2. The molecule has 0 radical (unpaired) electrons. The summed E-state index contributed by atoms with van der Waals surface area (Å²) in [5, 5.41) is 6.46. The molecular weight excluding hydrogens is 536 g/mol. The molecule has 4 rings (SSSR count). The Balaban J connectivity index is 1.62. The number of piperidine rings is 1. The standard InChI is InChI=1S/C27H30F4N4O3S/c1-34-13-11-23(21(28)16-34)33-22-7-4-8-25-20(22)14-18(35(25)17-27(29,30)31)6-5-12-32-24-10-9-19(39(3,36)37)15-26(24)38-2/h4,7-10,14-15,21,23,32-33H,11-13,16-17H2,1-3H3/t21-,23+/m1/s1/i2D3. The minimum atomic E-state index is -4.54. The average Bonchev–Trinajstić information content (AvgIpc) is 3.19. The van der Waals surface area contributed by atoms with Crippen molar-refractivity contribution in [2.24, 2.45) is 0 Å². The Morgan fingerprint density at radius 3 is 2.69 bits per heavy atom. The molecule has 1 aliphatic heterocycles. The van der Waals surface area contributed by atoms with Crippen molar-refractivity contribution in [3.05, 3.63) is 48.2 Å². The third-order valence-corrected chi connectivity index (χ3v) is 7.55. The summed E-state index contributed by atoms with van der Waals surface area (Å²) in [6.07, 6.45) is -4.18. The second-order valence-corrected chi connectivity index (χ2v) is 11.5. The van der Waals surface area contributed by atoms with E-state index in [0.29, 0.717) is 24.0 Å². The van der Waals surface area contributed by atoms with Crippen molar-refractivity contribution in [2.45, 2.75) is 36.3 Å². The number of fused-ring (bicyclic) bond motifs is 1. The fourth-order valence-corrected chi connectivity index (χ4v) is 5.16. The number of sulfone groups is 1. The Morgan fingerprint density at radius 1 is 1.21 bits per heavy atom. The maximum absolute atomic E-state index is 14.7. The highest BCUT2D eigenvalue weighted by Crippen LogP contribution is 2.32. The summed E-state index contributed by atoms with van der Waals surface area (Å²) < 4.78 is 107. The van der Waals surface area contributed by atoms with Crippen LogP contribution in [-0.4, -0.2) is 76.3 Å². The van der Waals surface area contributed by atoms with Crippen LogP contribution in [0.2, 0.25) is 0 Å². The third kappa shape index (κ3) is 6.96. The molecule has 7 nitrogen and oxygen atoms in total. The predicted molar refractivity (Wildman–Crippen MR) is 144 cm³/mol. The Labute approximate surface area is 229 Å². The van der Waals surface area contributed by atoms with Crippen LogP contribution in [0.5, 0.6) is 5.75 Å². The van der Waals surface area contributed by atoms with Gasteiger partial charge in [-0.25, -0.2) is 12.8 Å². The van der Waals surface area contributed by atoms with Gasteiger partial charge < -0.3 is 24.8 Å². The van der Waals surface area contributed by atoms with Gasteiger partial charge in [0.25, 0.3) is 0 Å². The average molecular weight is 570 g/mol. The van der Waals surface area contributed by atoms with Crippen LogP contribution in [0, 0.1) is 11.8 Å². The van der Waals surface area contributed by atoms with E-state index in [1.165, 1.54) is 18.2 Å². The van der Waals surface area contributed by atoms with Crippen molar-refractivity contribution in [1.29, 1.82) is 0 Å². The highest BCUT2D eigenvalue weighted by molar-refractivity contribution is 7.90. The number of hydrogen-bond acceptors (Lipinski definition) is 6. The highest BCUT2D eigenvalue weighted by atomic mass is 32.2. The van der Waals surface area contributed by atoms with Crippen LogP contribution in [0.3, 0.4) is 0 Å². The molecule has 2 N–H and O–H groups in total. The number of benzene rings is 2. The summed E-state index contributed by atoms with van der Waals surface area (Å²) in [4.78, 5) is 1.72. The van der Waals surface area contributed by atoms with E-state index in [1.54, 1.807) is 18.2 Å². The van der Waals surface area contributed by atoms with Crippen LogP contribution in [0.15, 0.2) is 47.4 Å². The van der Waals surface area contributed by atoms with Crippen LogP contribution in [0.4, 0.5) is 28.9 Å². The van der Waals surface area contributed by atoms with E-state index in [2.05, 4.69) is 22.5 Å². The molecule has 1 aromatic heterocycles. The van der Waals surface area contributed by atoms with Gasteiger partial charge in [-0.05, 0) is 49.7 Å². The molecule has 1 saturated heterocycles. The summed E-state index contributed by atoms with van der Waals surface area (Å²) in [7, 11) is -4.69. The van der Waals surface area contributed by atoms with E-state index >= 15 is 0 Å². The van der Waals surface area contributed by atoms with Gasteiger partial charge in [0, 0.05) is 36.5 Å². The van der Waals surface area contributed by atoms with Crippen LogP contribution < -0.4 is 15.4 Å². The fourth-order valence-electron chi connectivity index (χ4n) is 4.52. The zero-order valence-corrected chi connectivity index (χ0v) is 22.1. The van der Waals surface area contributed by atoms with E-state index in [-0.39, 0.29) is 40.6 Å². The van der Waals surface area contributed by atoms with Crippen LogP contribution in [0.25, 0.3) is 10.9 Å². The number of methoxy groups -OCH3 is 1. The maximum atomic E-state index is 14.7. The number of nitrogens with one attached hydrogen (secondary N) is 2. The topological polar surface area (TPSA) is 75.6 Å². The molecule has 0 spiro atoms. The summed E-state index contributed by atoms with van der Waals surface area (Å²) in [5.41, 5.74) is 0.992. The second-order valence-electron chi connectivity index (χ2n) is 9.47. The molecule has 2 aromatic carbocycles. The first-order valence-electron chi connectivity index (χ1n) is 13.5. The lowest BCUT2D eigenvalue weighted by molar-refractivity contribution is -0.140. The van der Waals surface area contributed by atoms with Crippen LogP contribution >= 0.6 is 0 Å². The van der Waals surface area contributed by atoms with E-state index in [4.69, 9.17) is 8.85 Å². The lowest BCUT2D eigenvalue weighted by Gasteiger charge is -2.33. The monoisotopic (exact) mass is 569 g/mol. The van der Waals surface area contributed by atoms with Crippen molar-refractivity contribution in [3.8, 4) is 17.6 Å². The van der Waals surface area contributed by atoms with Crippen molar-refractivity contribution in [2.75, 3.05) is 50.6 Å². The minimum Gasteiger partial charge on any atom is -0.495 e. The SMILES string of the molecule is [2H]C([2H])([2H])Oc1cc(S(C)(=O)=O)ccc1NCC#Cc1cc2c(N[C@H]3CCN(C)C[C@H]3F)cccc2n1CC(F)(F)F. The van der Waals surface area contributed by atoms with E-state index in [1.807, 2.05) is 11.9 Å². The third-order valence-electron chi connectivity index (χ3n) is 6.44. The molecule has 3 aromatic rings. The van der Waals surface area contributed by atoms with Crippen molar-refractivity contribution >= 4 is 32.1 Å². The smallest absolute Gasteiger partial charge is 0.406 e. The molecular formula is C27H30F4N4O3S. The van der Waals surface area contributed by atoms with Crippen molar-refractivity contribution < 1.29 is 34.8 Å². The number of hydrogen-bond donors (Lipinski definition) is 2. The quantitative estimate of drug-likeness (QED) is 0.322. The molecule has 2 heterocycles. The molecule has 210 valence electrons. The molecule has 1 aliphatic rings. The van der Waals surface area contributed by atoms with Crippen LogP contribution in [-0.2, 0) is 16.4 Å². The Hall–Kier alpha value is -3.43. The Bertz CT molecular complexity index is 1610. The molecule has 0 amide bonds. The Morgan fingerprint density at radius 2 is 2.00 bits per heavy atom. The fraction of sp³-hybridized carbons (Fsp3) is 0.407. The zero-order valence-electron chi connectivity index (χ0n) is 24.3. The van der Waals surface area contributed by atoms with E-state index in [9.17, 15) is 26.0 Å². The minimum absolute atomic E-state index is 0.0740. The Kier molecular flexibility index (Phi) is 7.16. The van der Waals surface area contributed by atoms with Gasteiger partial charge in [0.05, 0.1) is 45.5 Å². The number of likely N-dealkylation sites (tertiary alicyclic amines) is 1. The first kappa shape index (κ1) is 24.6. The van der Waals surface area contributed by atoms with Gasteiger partial charge in [-0.3, -0.25) is 0 Å². The number of ether oxygens (including phenoxy) is 1. The number of alkyl halides is 4. The molecule has 0 unspecified atom stereocenters. The first-order chi connectivity index (χ1) is 19.5. The summed E-state index contributed by atoms with van der Waals surface area (Å²) in [6.45, 7) is -0.486. The molecule has 12 heteroatoms. The van der Waals surface area contributed by atoms with Gasteiger partial charge in [-0.1, -0.05) is 12.0 Å². The number of aromatic nitrogens is 1. The zero-order chi connectivity index (χ0) is 30.9. The largest absolute Gasteiger partial charge is 0.495 e. The molecule has 0 aliphatic carbocycles. The van der Waals surface area contributed by atoms with Gasteiger partial charge in [-0.2, -0.15) is 13.2 Å². The highest BCUT2D eigenvalue weighted by Gasteiger charge is 2.31. The number of rotatable bonds is 7. The van der Waals surface area contributed by atoms with Gasteiger partial charge in [0.15, 0.2) is 9.84 Å². The van der Waals surface area contributed by atoms with Gasteiger partial charge in [0.1, 0.15) is 18.5 Å². The van der Waals surface area contributed by atoms with Crippen molar-refractivity contribution in [1.82, 2.24) is 9.47 Å². The first-order valence-corrected chi connectivity index (χ1v) is 13.9. The van der Waals surface area contributed by atoms with Gasteiger partial charge in [0.2, 0.25) is 0 Å². The summed E-state index contributed by atoms with van der Waals surface area (Å²) in [5.74, 6) is 5.23. The molecule has 1 fully saturated rings. The second kappa shape index (κ2) is 11.4. The molecule has 0 saturated carbocycles. The predicted octanol–water partition coefficient (Wildman–Crippen LogP) is 4.53. The summed E-state index contributed by atoms with van der Waals surface area (Å²) in [6, 6.07) is 9.51. The molecule has 0 bridgehead atoms. The molecule has 2 atom stereocenters. The number of halogens is 4. The molecule has 39 heavy (non-hydrogen) atoms. The normalized spacial score (nSPS) is 19.9. The summed E-state index contributed by atoms with van der Waals surface area (Å²) >= 11 is 0. The number of anilines is 2. The van der Waals surface area contributed by atoms with Gasteiger partial charge >= 0.3 is 6.18 Å². The van der Waals surface area contributed by atoms with E-state index < -0.39 is 41.8 Å². The van der Waals surface area contributed by atoms with Crippen LogP contribution in [0.1, 0.15) is 16.2 Å². The lowest BCUT2D eigenvalue weighted by Crippen LogP contribution is -2.46.